The van der Waals surface area contributed by atoms with Gasteiger partial charge in [0.05, 0.1) is 16.8 Å². The van der Waals surface area contributed by atoms with Crippen LogP contribution in [0.4, 0.5) is 0 Å². The standard InChI is InChI=1S/C30H24N3.ClH/c1-2-10-26(11-3-1)30-32(21-23-14-15-24-8-4-5-12-27(24)20-23)18-19-33(30)22-28-17-16-25-9-6-7-13-29(25)31-28;/h1-20H,21-22H2;1H/q+1;/p-1. The average molecular weight is 462 g/mol. The Bertz CT molecular complexity index is 1470. The number of aromatic nitrogens is 3. The summed E-state index contributed by atoms with van der Waals surface area (Å²) in [5, 5.41) is 3.72. The fourth-order valence-corrected chi connectivity index (χ4v) is 4.55. The molecule has 4 aromatic carbocycles. The number of hydrogen-bond donors (Lipinski definition) is 0. The molecule has 166 valence electrons. The lowest BCUT2D eigenvalue weighted by Gasteiger charge is -2.07. The third kappa shape index (κ3) is 4.30. The van der Waals surface area contributed by atoms with Gasteiger partial charge in [0.2, 0.25) is 0 Å². The van der Waals surface area contributed by atoms with Crippen molar-refractivity contribution in [3.05, 3.63) is 133 Å². The largest absolute Gasteiger partial charge is 1.00 e. The SMILES string of the molecule is [Cl-].c1ccc(-c2n(Cc3ccc4ccccc4n3)cc[n+]2Cc2ccc3ccccc3c2)cc1. The molecule has 0 fully saturated rings. The zero-order valence-corrected chi connectivity index (χ0v) is 19.4. The van der Waals surface area contributed by atoms with Gasteiger partial charge in [-0.25, -0.2) is 14.1 Å². The van der Waals surface area contributed by atoms with Crippen molar-refractivity contribution < 1.29 is 17.0 Å². The number of hydrogen-bond acceptors (Lipinski definition) is 1. The Morgan fingerprint density at radius 3 is 2.24 bits per heavy atom. The summed E-state index contributed by atoms with van der Waals surface area (Å²) >= 11 is 0. The highest BCUT2D eigenvalue weighted by atomic mass is 35.5. The van der Waals surface area contributed by atoms with Crippen LogP contribution in [0.15, 0.2) is 122 Å². The molecule has 0 saturated carbocycles. The molecule has 0 radical (unpaired) electrons. The minimum absolute atomic E-state index is 0. The summed E-state index contributed by atoms with van der Waals surface area (Å²) in [6.07, 6.45) is 4.35. The molecule has 0 aliphatic carbocycles. The highest BCUT2D eigenvalue weighted by Gasteiger charge is 2.20. The zero-order chi connectivity index (χ0) is 22.0. The summed E-state index contributed by atoms with van der Waals surface area (Å²) in [7, 11) is 0. The normalized spacial score (nSPS) is 10.9. The van der Waals surface area contributed by atoms with Crippen LogP contribution in [-0.2, 0) is 13.1 Å². The molecular weight excluding hydrogens is 438 g/mol. The third-order valence-corrected chi connectivity index (χ3v) is 6.16. The van der Waals surface area contributed by atoms with E-state index in [4.69, 9.17) is 4.98 Å². The van der Waals surface area contributed by atoms with E-state index in [1.54, 1.807) is 0 Å². The van der Waals surface area contributed by atoms with E-state index in [0.29, 0.717) is 0 Å². The quantitative estimate of drug-likeness (QED) is 0.361. The monoisotopic (exact) mass is 461 g/mol. The van der Waals surface area contributed by atoms with Crippen molar-refractivity contribution in [2.24, 2.45) is 0 Å². The Morgan fingerprint density at radius 1 is 0.676 bits per heavy atom. The van der Waals surface area contributed by atoms with E-state index < -0.39 is 0 Å². The van der Waals surface area contributed by atoms with Gasteiger partial charge >= 0.3 is 0 Å². The van der Waals surface area contributed by atoms with Crippen molar-refractivity contribution in [3.63, 3.8) is 0 Å². The van der Waals surface area contributed by atoms with Crippen molar-refractivity contribution in [1.82, 2.24) is 9.55 Å². The Morgan fingerprint density at radius 2 is 1.38 bits per heavy atom. The number of para-hydroxylation sites is 1. The van der Waals surface area contributed by atoms with Crippen LogP contribution < -0.4 is 17.0 Å². The smallest absolute Gasteiger partial charge is 0.289 e. The number of nitrogens with zero attached hydrogens (tertiary/aromatic N) is 3. The van der Waals surface area contributed by atoms with Crippen LogP contribution in [0, 0.1) is 0 Å². The molecule has 0 saturated heterocycles. The van der Waals surface area contributed by atoms with E-state index in [1.165, 1.54) is 33.1 Å². The molecular formula is C30H24ClN3. The Kier molecular flexibility index (Phi) is 6.11. The van der Waals surface area contributed by atoms with Gasteiger partial charge in [-0.15, -0.1) is 0 Å². The van der Waals surface area contributed by atoms with Gasteiger partial charge in [0, 0.05) is 5.39 Å². The van der Waals surface area contributed by atoms with E-state index in [2.05, 4.69) is 125 Å². The summed E-state index contributed by atoms with van der Waals surface area (Å²) in [5.41, 5.74) is 4.58. The topological polar surface area (TPSA) is 21.7 Å². The zero-order valence-electron chi connectivity index (χ0n) is 18.7. The molecule has 34 heavy (non-hydrogen) atoms. The fraction of sp³-hybridized carbons (Fsp3) is 0.0667. The third-order valence-electron chi connectivity index (χ3n) is 6.16. The van der Waals surface area contributed by atoms with Gasteiger partial charge in [0.25, 0.3) is 5.82 Å². The second-order valence-corrected chi connectivity index (χ2v) is 8.42. The summed E-state index contributed by atoms with van der Waals surface area (Å²) < 4.78 is 4.63. The first-order valence-corrected chi connectivity index (χ1v) is 11.3. The molecule has 0 aliphatic rings. The molecule has 2 aromatic heterocycles. The maximum absolute atomic E-state index is 4.90. The molecule has 0 aliphatic heterocycles. The fourth-order valence-electron chi connectivity index (χ4n) is 4.55. The minimum atomic E-state index is 0. The molecule has 6 aromatic rings. The summed E-state index contributed by atoms with van der Waals surface area (Å²) in [6.45, 7) is 1.53. The second kappa shape index (κ2) is 9.50. The molecule has 0 atom stereocenters. The number of imidazole rings is 1. The van der Waals surface area contributed by atoms with Crippen LogP contribution in [0.2, 0.25) is 0 Å². The lowest BCUT2D eigenvalue weighted by molar-refractivity contribution is -0.676. The highest BCUT2D eigenvalue weighted by Crippen LogP contribution is 2.20. The lowest BCUT2D eigenvalue weighted by Crippen LogP contribution is -3.00. The van der Waals surface area contributed by atoms with Crippen LogP contribution >= 0.6 is 0 Å². The Balaban J connectivity index is 0.00000241. The van der Waals surface area contributed by atoms with E-state index >= 15 is 0 Å². The maximum atomic E-state index is 4.90. The summed E-state index contributed by atoms with van der Waals surface area (Å²) in [6, 6.07) is 38.4. The van der Waals surface area contributed by atoms with Crippen molar-refractivity contribution in [3.8, 4) is 11.4 Å². The van der Waals surface area contributed by atoms with Gasteiger partial charge < -0.3 is 12.4 Å². The molecule has 0 unspecified atom stereocenters. The van der Waals surface area contributed by atoms with Gasteiger partial charge in [-0.2, -0.15) is 0 Å². The second-order valence-electron chi connectivity index (χ2n) is 8.42. The predicted octanol–water partition coefficient (Wildman–Crippen LogP) is 3.24. The molecule has 0 spiro atoms. The number of rotatable bonds is 5. The minimum Gasteiger partial charge on any atom is -1.00 e. The first-order chi connectivity index (χ1) is 16.3. The Labute approximate surface area is 205 Å². The number of halogens is 1. The highest BCUT2D eigenvalue weighted by molar-refractivity contribution is 5.83. The van der Waals surface area contributed by atoms with Crippen LogP contribution in [0.25, 0.3) is 33.1 Å². The van der Waals surface area contributed by atoms with Crippen molar-refractivity contribution in [1.29, 1.82) is 0 Å². The number of benzene rings is 4. The molecule has 2 heterocycles. The van der Waals surface area contributed by atoms with Gasteiger partial charge in [-0.1, -0.05) is 78.9 Å². The van der Waals surface area contributed by atoms with Crippen LogP contribution in [-0.4, -0.2) is 9.55 Å². The molecule has 0 bridgehead atoms. The van der Waals surface area contributed by atoms with Crippen LogP contribution in [0.3, 0.4) is 0 Å². The predicted molar refractivity (Wildman–Crippen MR) is 134 cm³/mol. The molecule has 0 amide bonds. The molecule has 0 N–H and O–H groups in total. The summed E-state index contributed by atoms with van der Waals surface area (Å²) in [5.74, 6) is 1.18. The first kappa shape index (κ1) is 21.9. The van der Waals surface area contributed by atoms with Crippen molar-refractivity contribution in [2.75, 3.05) is 0 Å². The number of pyridine rings is 1. The average Bonchev–Trinajstić information content (AvgIpc) is 3.26. The van der Waals surface area contributed by atoms with E-state index in [9.17, 15) is 0 Å². The van der Waals surface area contributed by atoms with Crippen LogP contribution in [0.5, 0.6) is 0 Å². The van der Waals surface area contributed by atoms with E-state index in [-0.39, 0.29) is 12.4 Å². The first-order valence-electron chi connectivity index (χ1n) is 11.3. The van der Waals surface area contributed by atoms with Crippen LogP contribution in [0.1, 0.15) is 11.3 Å². The van der Waals surface area contributed by atoms with E-state index in [1.807, 2.05) is 6.07 Å². The molecule has 6 rings (SSSR count). The maximum Gasteiger partial charge on any atom is 0.289 e. The van der Waals surface area contributed by atoms with Gasteiger partial charge in [0.1, 0.15) is 25.5 Å². The number of fused-ring (bicyclic) bond motifs is 2. The molecule has 3 nitrogen and oxygen atoms in total. The Hall–Kier alpha value is -3.95. The van der Waals surface area contributed by atoms with Crippen molar-refractivity contribution >= 4 is 21.7 Å². The van der Waals surface area contributed by atoms with E-state index in [0.717, 1.165) is 24.3 Å². The summed E-state index contributed by atoms with van der Waals surface area (Å²) in [4.78, 5) is 4.90. The van der Waals surface area contributed by atoms with Gasteiger partial charge in [-0.05, 0) is 46.7 Å². The van der Waals surface area contributed by atoms with Gasteiger partial charge in [-0.3, -0.25) is 0 Å². The lowest BCUT2D eigenvalue weighted by atomic mass is 10.1. The van der Waals surface area contributed by atoms with Gasteiger partial charge in [0.15, 0.2) is 0 Å². The molecule has 4 heteroatoms. The van der Waals surface area contributed by atoms with Crippen molar-refractivity contribution in [2.45, 2.75) is 13.1 Å².